The first-order valence-electron chi connectivity index (χ1n) is 6.08. The molecule has 0 aliphatic carbocycles. The van der Waals surface area contributed by atoms with Gasteiger partial charge in [-0.15, -0.1) is 0 Å². The minimum Gasteiger partial charge on any atom is -0.464 e. The predicted octanol–water partition coefficient (Wildman–Crippen LogP) is 2.00. The number of rotatable bonds is 2. The SMILES string of the molecule is CC1CC(CN)CN1c1nccc2occc12. The van der Waals surface area contributed by atoms with Crippen LogP contribution in [0.15, 0.2) is 29.0 Å². The Hall–Kier alpha value is -1.55. The Kier molecular flexibility index (Phi) is 2.52. The van der Waals surface area contributed by atoms with Gasteiger partial charge in [-0.1, -0.05) is 0 Å². The molecule has 0 bridgehead atoms. The highest BCUT2D eigenvalue weighted by Crippen LogP contribution is 2.32. The van der Waals surface area contributed by atoms with E-state index in [1.54, 1.807) is 6.26 Å². The van der Waals surface area contributed by atoms with Gasteiger partial charge >= 0.3 is 0 Å². The number of aromatic nitrogens is 1. The fraction of sp³-hybridized carbons (Fsp3) is 0.462. The van der Waals surface area contributed by atoms with E-state index in [9.17, 15) is 0 Å². The summed E-state index contributed by atoms with van der Waals surface area (Å²) in [6, 6.07) is 4.39. The molecule has 17 heavy (non-hydrogen) atoms. The molecule has 0 radical (unpaired) electrons. The summed E-state index contributed by atoms with van der Waals surface area (Å²) in [4.78, 5) is 6.85. The molecule has 2 atom stereocenters. The zero-order valence-electron chi connectivity index (χ0n) is 9.97. The summed E-state index contributed by atoms with van der Waals surface area (Å²) in [7, 11) is 0. The Morgan fingerprint density at radius 3 is 3.18 bits per heavy atom. The van der Waals surface area contributed by atoms with Crippen LogP contribution in [0.4, 0.5) is 5.82 Å². The van der Waals surface area contributed by atoms with Crippen molar-refractivity contribution in [1.82, 2.24) is 4.98 Å². The van der Waals surface area contributed by atoms with Crippen molar-refractivity contribution in [1.29, 1.82) is 0 Å². The van der Waals surface area contributed by atoms with Crippen molar-refractivity contribution >= 4 is 16.8 Å². The van der Waals surface area contributed by atoms with E-state index in [-0.39, 0.29) is 0 Å². The molecule has 0 spiro atoms. The fourth-order valence-electron chi connectivity index (χ4n) is 2.72. The van der Waals surface area contributed by atoms with Gasteiger partial charge in [-0.25, -0.2) is 4.98 Å². The number of hydrogen-bond donors (Lipinski definition) is 1. The number of anilines is 1. The van der Waals surface area contributed by atoms with Gasteiger partial charge in [0.25, 0.3) is 0 Å². The Balaban J connectivity index is 2.01. The molecule has 1 fully saturated rings. The number of pyridine rings is 1. The zero-order valence-corrected chi connectivity index (χ0v) is 9.97. The first kappa shape index (κ1) is 10.6. The van der Waals surface area contributed by atoms with Gasteiger partial charge in [0.1, 0.15) is 11.4 Å². The van der Waals surface area contributed by atoms with E-state index in [1.165, 1.54) is 0 Å². The van der Waals surface area contributed by atoms with E-state index >= 15 is 0 Å². The molecule has 1 aliphatic heterocycles. The van der Waals surface area contributed by atoms with Crippen LogP contribution in [0, 0.1) is 5.92 Å². The van der Waals surface area contributed by atoms with E-state index in [2.05, 4.69) is 16.8 Å². The molecule has 2 aromatic rings. The molecule has 3 rings (SSSR count). The van der Waals surface area contributed by atoms with E-state index in [0.29, 0.717) is 12.0 Å². The first-order chi connectivity index (χ1) is 8.29. The van der Waals surface area contributed by atoms with Crippen LogP contribution >= 0.6 is 0 Å². The largest absolute Gasteiger partial charge is 0.464 e. The van der Waals surface area contributed by atoms with Gasteiger partial charge in [0.05, 0.1) is 11.6 Å². The Morgan fingerprint density at radius 2 is 2.41 bits per heavy atom. The summed E-state index contributed by atoms with van der Waals surface area (Å²) in [6.07, 6.45) is 4.67. The van der Waals surface area contributed by atoms with Crippen molar-refractivity contribution < 1.29 is 4.42 Å². The summed E-state index contributed by atoms with van der Waals surface area (Å²) in [5, 5.41) is 1.09. The van der Waals surface area contributed by atoms with Gasteiger partial charge in [0, 0.05) is 18.8 Å². The highest BCUT2D eigenvalue weighted by molar-refractivity contribution is 5.88. The predicted molar refractivity (Wildman–Crippen MR) is 68.0 cm³/mol. The van der Waals surface area contributed by atoms with Crippen LogP contribution in [0.1, 0.15) is 13.3 Å². The standard InChI is InChI=1S/C13H17N3O/c1-9-6-10(7-14)8-16(9)13-11-3-5-17-12(11)2-4-15-13/h2-5,9-10H,6-8,14H2,1H3. The summed E-state index contributed by atoms with van der Waals surface area (Å²) < 4.78 is 5.42. The molecule has 1 aliphatic rings. The van der Waals surface area contributed by atoms with Crippen LogP contribution in [0.2, 0.25) is 0 Å². The lowest BCUT2D eigenvalue weighted by molar-refractivity contribution is 0.579. The van der Waals surface area contributed by atoms with Crippen LogP contribution in [0.5, 0.6) is 0 Å². The molecule has 0 aromatic carbocycles. The van der Waals surface area contributed by atoms with Gasteiger partial charge in [-0.3, -0.25) is 0 Å². The third-order valence-electron chi connectivity index (χ3n) is 3.63. The second kappa shape index (κ2) is 4.04. The third-order valence-corrected chi connectivity index (χ3v) is 3.63. The molecule has 2 N–H and O–H groups in total. The van der Waals surface area contributed by atoms with E-state index < -0.39 is 0 Å². The molecule has 90 valence electrons. The Morgan fingerprint density at radius 1 is 1.53 bits per heavy atom. The molecule has 0 saturated carbocycles. The molecule has 2 aromatic heterocycles. The normalized spacial score (nSPS) is 24.7. The van der Waals surface area contributed by atoms with Gasteiger partial charge in [0.15, 0.2) is 0 Å². The first-order valence-corrected chi connectivity index (χ1v) is 6.08. The van der Waals surface area contributed by atoms with Gasteiger partial charge in [-0.2, -0.15) is 0 Å². The summed E-state index contributed by atoms with van der Waals surface area (Å²) >= 11 is 0. The van der Waals surface area contributed by atoms with Gasteiger partial charge < -0.3 is 15.1 Å². The molecular weight excluding hydrogens is 214 g/mol. The summed E-state index contributed by atoms with van der Waals surface area (Å²) in [6.45, 7) is 3.98. The van der Waals surface area contributed by atoms with Crippen molar-refractivity contribution in [3.05, 3.63) is 24.6 Å². The average Bonchev–Trinajstić information content (AvgIpc) is 2.94. The number of furan rings is 1. The maximum atomic E-state index is 5.76. The quantitative estimate of drug-likeness (QED) is 0.859. The third kappa shape index (κ3) is 1.69. The molecular formula is C13H17N3O. The smallest absolute Gasteiger partial charge is 0.139 e. The lowest BCUT2D eigenvalue weighted by atomic mass is 10.1. The van der Waals surface area contributed by atoms with E-state index in [0.717, 1.165) is 36.3 Å². The Labute approximate surface area is 100 Å². The number of nitrogens with zero attached hydrogens (tertiary/aromatic N) is 2. The topological polar surface area (TPSA) is 55.3 Å². The average molecular weight is 231 g/mol. The van der Waals surface area contributed by atoms with Crippen LogP contribution in [0.3, 0.4) is 0 Å². The molecule has 0 amide bonds. The molecule has 2 unspecified atom stereocenters. The molecule has 1 saturated heterocycles. The van der Waals surface area contributed by atoms with Crippen molar-refractivity contribution in [3.8, 4) is 0 Å². The molecule has 3 heterocycles. The number of nitrogens with two attached hydrogens (primary N) is 1. The van der Waals surface area contributed by atoms with Crippen molar-refractivity contribution in [2.75, 3.05) is 18.0 Å². The molecule has 4 heteroatoms. The maximum absolute atomic E-state index is 5.76. The lowest BCUT2D eigenvalue weighted by Gasteiger charge is -2.23. The minimum atomic E-state index is 0.497. The summed E-state index contributed by atoms with van der Waals surface area (Å²) in [5.74, 6) is 1.61. The van der Waals surface area contributed by atoms with E-state index in [4.69, 9.17) is 10.2 Å². The van der Waals surface area contributed by atoms with Gasteiger partial charge in [-0.05, 0) is 37.9 Å². The van der Waals surface area contributed by atoms with Crippen LogP contribution in [-0.4, -0.2) is 24.1 Å². The maximum Gasteiger partial charge on any atom is 0.139 e. The molecule has 4 nitrogen and oxygen atoms in total. The van der Waals surface area contributed by atoms with Crippen molar-refractivity contribution in [2.45, 2.75) is 19.4 Å². The highest BCUT2D eigenvalue weighted by atomic mass is 16.3. The summed E-state index contributed by atoms with van der Waals surface area (Å²) in [5.41, 5.74) is 6.66. The highest BCUT2D eigenvalue weighted by Gasteiger charge is 2.30. The monoisotopic (exact) mass is 231 g/mol. The lowest BCUT2D eigenvalue weighted by Crippen LogP contribution is -2.28. The van der Waals surface area contributed by atoms with Crippen LogP contribution in [-0.2, 0) is 0 Å². The van der Waals surface area contributed by atoms with E-state index in [1.807, 2.05) is 18.3 Å². The van der Waals surface area contributed by atoms with Crippen molar-refractivity contribution in [3.63, 3.8) is 0 Å². The second-order valence-electron chi connectivity index (χ2n) is 4.81. The van der Waals surface area contributed by atoms with Crippen molar-refractivity contribution in [2.24, 2.45) is 11.7 Å². The minimum absolute atomic E-state index is 0.497. The van der Waals surface area contributed by atoms with Crippen LogP contribution < -0.4 is 10.6 Å². The number of hydrogen-bond acceptors (Lipinski definition) is 4. The fourth-order valence-corrected chi connectivity index (χ4v) is 2.72. The zero-order chi connectivity index (χ0) is 11.8. The van der Waals surface area contributed by atoms with Crippen LogP contribution in [0.25, 0.3) is 11.0 Å². The van der Waals surface area contributed by atoms with Gasteiger partial charge in [0.2, 0.25) is 0 Å². The second-order valence-corrected chi connectivity index (χ2v) is 4.81. The number of fused-ring (bicyclic) bond motifs is 1. The Bertz CT molecular complexity index is 522.